The molecular formula is C17H16FN3O. The van der Waals surface area contributed by atoms with Gasteiger partial charge in [-0.15, -0.1) is 0 Å². The van der Waals surface area contributed by atoms with Gasteiger partial charge < -0.3 is 4.74 Å². The minimum absolute atomic E-state index is 0.258. The minimum Gasteiger partial charge on any atom is -0.494 e. The summed E-state index contributed by atoms with van der Waals surface area (Å²) in [6, 6.07) is 12.0. The number of hydrogen-bond donors (Lipinski definition) is 0. The molecule has 0 N–H and O–H groups in total. The van der Waals surface area contributed by atoms with Gasteiger partial charge in [0.2, 0.25) is 0 Å². The van der Waals surface area contributed by atoms with Gasteiger partial charge in [0, 0.05) is 37.1 Å². The number of halogens is 1. The fourth-order valence-corrected chi connectivity index (χ4v) is 2.21. The Morgan fingerprint density at radius 1 is 0.955 bits per heavy atom. The first-order valence-electron chi connectivity index (χ1n) is 7.13. The van der Waals surface area contributed by atoms with Gasteiger partial charge in [0.25, 0.3) is 0 Å². The van der Waals surface area contributed by atoms with Crippen LogP contribution in [0.1, 0.15) is 6.42 Å². The lowest BCUT2D eigenvalue weighted by molar-refractivity contribution is 0.298. The van der Waals surface area contributed by atoms with Crippen molar-refractivity contribution in [3.63, 3.8) is 0 Å². The smallest absolute Gasteiger partial charge is 0.123 e. The van der Waals surface area contributed by atoms with Crippen LogP contribution in [0, 0.1) is 5.82 Å². The molecule has 0 amide bonds. The van der Waals surface area contributed by atoms with Crippen molar-refractivity contribution < 1.29 is 9.13 Å². The molecule has 4 nitrogen and oxygen atoms in total. The highest BCUT2D eigenvalue weighted by molar-refractivity contribution is 5.58. The second-order valence-corrected chi connectivity index (χ2v) is 4.83. The first-order valence-corrected chi connectivity index (χ1v) is 7.13. The zero-order valence-electron chi connectivity index (χ0n) is 12.0. The first kappa shape index (κ1) is 14.3. The van der Waals surface area contributed by atoms with Gasteiger partial charge in [0.1, 0.15) is 11.6 Å². The highest BCUT2D eigenvalue weighted by Gasteiger charge is 2.04. The average Bonchev–Trinajstić information content (AvgIpc) is 3.02. The maximum Gasteiger partial charge on any atom is 0.123 e. The Bertz CT molecular complexity index is 710. The third-order valence-corrected chi connectivity index (χ3v) is 3.29. The molecule has 0 bridgehead atoms. The third-order valence-electron chi connectivity index (χ3n) is 3.29. The van der Waals surface area contributed by atoms with E-state index in [1.165, 1.54) is 12.1 Å². The van der Waals surface area contributed by atoms with Crippen molar-refractivity contribution in [2.75, 3.05) is 6.61 Å². The topological polar surface area (TPSA) is 39.9 Å². The molecule has 0 fully saturated rings. The molecule has 3 rings (SSSR count). The van der Waals surface area contributed by atoms with Gasteiger partial charge in [-0.2, -0.15) is 5.10 Å². The SMILES string of the molecule is Fc1ccc(OCCCn2nccc2-c2ccncc2)cc1. The van der Waals surface area contributed by atoms with E-state index in [1.807, 2.05) is 22.9 Å². The molecule has 2 heterocycles. The highest BCUT2D eigenvalue weighted by atomic mass is 19.1. The van der Waals surface area contributed by atoms with Crippen molar-refractivity contribution in [3.05, 3.63) is 66.9 Å². The molecule has 22 heavy (non-hydrogen) atoms. The molecule has 0 atom stereocenters. The summed E-state index contributed by atoms with van der Waals surface area (Å²) < 4.78 is 20.3. The van der Waals surface area contributed by atoms with Crippen LogP contribution in [0.15, 0.2) is 61.1 Å². The Balaban J connectivity index is 1.54. The summed E-state index contributed by atoms with van der Waals surface area (Å²) in [6.07, 6.45) is 6.14. The Morgan fingerprint density at radius 2 is 1.73 bits per heavy atom. The van der Waals surface area contributed by atoms with E-state index in [9.17, 15) is 4.39 Å². The van der Waals surface area contributed by atoms with Gasteiger partial charge in [-0.25, -0.2) is 4.39 Å². The summed E-state index contributed by atoms with van der Waals surface area (Å²) in [5.41, 5.74) is 2.15. The van der Waals surface area contributed by atoms with E-state index >= 15 is 0 Å². The summed E-state index contributed by atoms with van der Waals surface area (Å²) in [5.74, 6) is 0.419. The van der Waals surface area contributed by atoms with Crippen molar-refractivity contribution in [2.24, 2.45) is 0 Å². The molecule has 0 saturated heterocycles. The van der Waals surface area contributed by atoms with Crippen LogP contribution >= 0.6 is 0 Å². The van der Waals surface area contributed by atoms with Gasteiger partial charge in [-0.05, 0) is 42.5 Å². The second-order valence-electron chi connectivity index (χ2n) is 4.83. The molecule has 0 aliphatic heterocycles. The predicted molar refractivity (Wildman–Crippen MR) is 82.0 cm³/mol. The molecule has 1 aromatic carbocycles. The van der Waals surface area contributed by atoms with E-state index < -0.39 is 0 Å². The van der Waals surface area contributed by atoms with Gasteiger partial charge in [0.05, 0.1) is 12.3 Å². The number of hydrogen-bond acceptors (Lipinski definition) is 3. The van der Waals surface area contributed by atoms with E-state index in [1.54, 1.807) is 30.7 Å². The zero-order chi connectivity index (χ0) is 15.2. The van der Waals surface area contributed by atoms with Crippen LogP contribution in [0.5, 0.6) is 5.75 Å². The number of benzene rings is 1. The molecular weight excluding hydrogens is 281 g/mol. The molecule has 0 radical (unpaired) electrons. The van der Waals surface area contributed by atoms with Crippen LogP contribution in [0.4, 0.5) is 4.39 Å². The Hall–Kier alpha value is -2.69. The number of ether oxygens (including phenoxy) is 1. The van der Waals surface area contributed by atoms with Gasteiger partial charge in [-0.1, -0.05) is 0 Å². The number of rotatable bonds is 6. The van der Waals surface area contributed by atoms with E-state index in [4.69, 9.17) is 4.74 Å². The van der Waals surface area contributed by atoms with E-state index in [-0.39, 0.29) is 5.82 Å². The number of aromatic nitrogens is 3. The molecule has 0 saturated carbocycles. The minimum atomic E-state index is -0.258. The lowest BCUT2D eigenvalue weighted by Crippen LogP contribution is -2.07. The van der Waals surface area contributed by atoms with Crippen LogP contribution in [0.3, 0.4) is 0 Å². The van der Waals surface area contributed by atoms with Gasteiger partial charge in [0.15, 0.2) is 0 Å². The Kier molecular flexibility index (Phi) is 4.44. The van der Waals surface area contributed by atoms with Crippen molar-refractivity contribution in [1.82, 2.24) is 14.8 Å². The summed E-state index contributed by atoms with van der Waals surface area (Å²) in [5, 5.41) is 4.34. The van der Waals surface area contributed by atoms with Crippen LogP contribution in [-0.4, -0.2) is 21.4 Å². The molecule has 3 aromatic rings. The van der Waals surface area contributed by atoms with Crippen molar-refractivity contribution in [3.8, 4) is 17.0 Å². The zero-order valence-corrected chi connectivity index (χ0v) is 12.0. The lowest BCUT2D eigenvalue weighted by Gasteiger charge is -2.09. The lowest BCUT2D eigenvalue weighted by atomic mass is 10.2. The molecule has 0 spiro atoms. The summed E-state index contributed by atoms with van der Waals surface area (Å²) >= 11 is 0. The largest absolute Gasteiger partial charge is 0.494 e. The average molecular weight is 297 g/mol. The Morgan fingerprint density at radius 3 is 2.50 bits per heavy atom. The molecule has 0 aliphatic rings. The molecule has 0 aliphatic carbocycles. The van der Waals surface area contributed by atoms with Gasteiger partial charge in [-0.3, -0.25) is 9.67 Å². The monoisotopic (exact) mass is 297 g/mol. The Labute approximate surface area is 128 Å². The predicted octanol–water partition coefficient (Wildman–Crippen LogP) is 3.55. The fraction of sp³-hybridized carbons (Fsp3) is 0.176. The van der Waals surface area contributed by atoms with Crippen molar-refractivity contribution in [1.29, 1.82) is 0 Å². The third kappa shape index (κ3) is 3.49. The quantitative estimate of drug-likeness (QED) is 0.653. The first-order chi connectivity index (χ1) is 10.8. The van der Waals surface area contributed by atoms with Gasteiger partial charge >= 0.3 is 0 Å². The highest BCUT2D eigenvalue weighted by Crippen LogP contribution is 2.18. The van der Waals surface area contributed by atoms with Crippen molar-refractivity contribution in [2.45, 2.75) is 13.0 Å². The standard InChI is InChI=1S/C17H16FN3O/c18-15-2-4-16(5-3-15)22-13-1-12-21-17(8-11-20-21)14-6-9-19-10-7-14/h2-11H,1,12-13H2. The maximum atomic E-state index is 12.8. The normalized spacial score (nSPS) is 10.6. The van der Waals surface area contributed by atoms with Crippen LogP contribution in [0.25, 0.3) is 11.3 Å². The fourth-order valence-electron chi connectivity index (χ4n) is 2.21. The molecule has 112 valence electrons. The maximum absolute atomic E-state index is 12.8. The van der Waals surface area contributed by atoms with E-state index in [2.05, 4.69) is 10.1 Å². The van der Waals surface area contributed by atoms with Crippen molar-refractivity contribution >= 4 is 0 Å². The van der Waals surface area contributed by atoms with Crippen LogP contribution in [-0.2, 0) is 6.54 Å². The van der Waals surface area contributed by atoms with E-state index in [0.29, 0.717) is 12.4 Å². The molecule has 2 aromatic heterocycles. The number of aryl methyl sites for hydroxylation is 1. The number of pyridine rings is 1. The second kappa shape index (κ2) is 6.85. The molecule has 5 heteroatoms. The van der Waals surface area contributed by atoms with Crippen LogP contribution in [0.2, 0.25) is 0 Å². The van der Waals surface area contributed by atoms with E-state index in [0.717, 1.165) is 24.2 Å². The molecule has 0 unspecified atom stereocenters. The van der Waals surface area contributed by atoms with Crippen LogP contribution < -0.4 is 4.74 Å². The number of nitrogens with zero attached hydrogens (tertiary/aromatic N) is 3. The summed E-state index contributed by atoms with van der Waals surface area (Å²) in [7, 11) is 0. The summed E-state index contributed by atoms with van der Waals surface area (Å²) in [6.45, 7) is 1.31. The summed E-state index contributed by atoms with van der Waals surface area (Å²) in [4.78, 5) is 4.02.